The fourth-order valence-electron chi connectivity index (χ4n) is 2.71. The molecule has 2 aromatic rings. The molecule has 3 amide bonds. The summed E-state index contributed by atoms with van der Waals surface area (Å²) in [4.78, 5) is 37.1. The van der Waals surface area contributed by atoms with E-state index >= 15 is 0 Å². The quantitative estimate of drug-likeness (QED) is 0.533. The fraction of sp³-hybridized carbons (Fsp3) is 0.348. The molecule has 0 fully saturated rings. The molecular weight excluding hydrogens is 398 g/mol. The number of methoxy groups -OCH3 is 1. The van der Waals surface area contributed by atoms with Crippen molar-refractivity contribution in [3.05, 3.63) is 60.2 Å². The van der Waals surface area contributed by atoms with Crippen molar-refractivity contribution in [2.75, 3.05) is 12.4 Å². The summed E-state index contributed by atoms with van der Waals surface area (Å²) in [7, 11) is 1.58. The third-order valence-electron chi connectivity index (χ3n) is 4.53. The lowest BCUT2D eigenvalue weighted by atomic mass is 10.0. The number of para-hydroxylation sites is 1. The summed E-state index contributed by atoms with van der Waals surface area (Å²) in [5, 5.41) is 7.99. The summed E-state index contributed by atoms with van der Waals surface area (Å²) in [6.45, 7) is 5.34. The number of hydrogen-bond donors (Lipinski definition) is 3. The maximum Gasteiger partial charge on any atom is 0.329 e. The Balaban J connectivity index is 1.86. The molecule has 166 valence electrons. The number of nitrogens with one attached hydrogen (secondary N) is 3. The highest BCUT2D eigenvalue weighted by Crippen LogP contribution is 2.12. The van der Waals surface area contributed by atoms with E-state index in [1.807, 2.05) is 18.2 Å². The van der Waals surface area contributed by atoms with Crippen molar-refractivity contribution in [1.29, 1.82) is 0 Å². The Morgan fingerprint density at radius 3 is 2.16 bits per heavy atom. The zero-order chi connectivity index (χ0) is 22.8. The second-order valence-corrected chi connectivity index (χ2v) is 7.33. The van der Waals surface area contributed by atoms with Gasteiger partial charge in [0.05, 0.1) is 7.11 Å². The van der Waals surface area contributed by atoms with Crippen LogP contribution in [0.4, 0.5) is 10.5 Å². The van der Waals surface area contributed by atoms with E-state index in [9.17, 15) is 14.4 Å². The first-order valence-corrected chi connectivity index (χ1v) is 10.0. The number of amides is 3. The van der Waals surface area contributed by atoms with E-state index in [2.05, 4.69) is 16.0 Å². The zero-order valence-corrected chi connectivity index (χ0v) is 18.2. The van der Waals surface area contributed by atoms with Gasteiger partial charge < -0.3 is 25.4 Å². The number of carbonyl (C=O) groups is 3. The number of rotatable bonds is 9. The van der Waals surface area contributed by atoms with Crippen molar-refractivity contribution in [3.63, 3.8) is 0 Å². The summed E-state index contributed by atoms with van der Waals surface area (Å²) in [6.07, 6.45) is -1.01. The van der Waals surface area contributed by atoms with Crippen LogP contribution in [0.25, 0.3) is 0 Å². The first-order valence-electron chi connectivity index (χ1n) is 10.0. The normalized spacial score (nSPS) is 12.4. The largest absolute Gasteiger partial charge is 0.497 e. The average molecular weight is 428 g/mol. The summed E-state index contributed by atoms with van der Waals surface area (Å²) in [5.74, 6) is -0.616. The zero-order valence-electron chi connectivity index (χ0n) is 18.2. The molecule has 0 aliphatic carbocycles. The Kier molecular flexibility index (Phi) is 8.87. The molecule has 0 saturated heterocycles. The Bertz CT molecular complexity index is 869. The van der Waals surface area contributed by atoms with Crippen LogP contribution in [0.5, 0.6) is 5.75 Å². The summed E-state index contributed by atoms with van der Waals surface area (Å²) in [5.41, 5.74) is 1.48. The van der Waals surface area contributed by atoms with Gasteiger partial charge in [-0.1, -0.05) is 44.2 Å². The van der Waals surface area contributed by atoms with Gasteiger partial charge in [-0.15, -0.1) is 0 Å². The molecule has 0 saturated carbocycles. The third-order valence-corrected chi connectivity index (χ3v) is 4.53. The van der Waals surface area contributed by atoms with Gasteiger partial charge in [0.15, 0.2) is 6.10 Å². The molecule has 0 spiro atoms. The van der Waals surface area contributed by atoms with E-state index in [1.165, 1.54) is 6.92 Å². The molecule has 0 unspecified atom stereocenters. The van der Waals surface area contributed by atoms with Crippen molar-refractivity contribution in [2.45, 2.75) is 39.5 Å². The fourth-order valence-corrected chi connectivity index (χ4v) is 2.71. The number of ether oxygens (including phenoxy) is 2. The van der Waals surface area contributed by atoms with Crippen LogP contribution >= 0.6 is 0 Å². The summed E-state index contributed by atoms with van der Waals surface area (Å²) >= 11 is 0. The maximum absolute atomic E-state index is 12.6. The van der Waals surface area contributed by atoms with Gasteiger partial charge in [-0.3, -0.25) is 4.79 Å². The lowest BCUT2D eigenvalue weighted by Crippen LogP contribution is -2.49. The van der Waals surface area contributed by atoms with Crippen LogP contribution in [0.1, 0.15) is 26.3 Å². The highest BCUT2D eigenvalue weighted by atomic mass is 16.5. The van der Waals surface area contributed by atoms with Gasteiger partial charge in [0.1, 0.15) is 11.8 Å². The van der Waals surface area contributed by atoms with E-state index in [4.69, 9.17) is 9.47 Å². The lowest BCUT2D eigenvalue weighted by Gasteiger charge is -2.23. The first-order chi connectivity index (χ1) is 14.8. The SMILES string of the molecule is COc1ccc(CNC(=O)[C@@H](C)OC(=O)[C@@H](NC(=O)Nc2ccccc2)C(C)C)cc1. The van der Waals surface area contributed by atoms with Crippen molar-refractivity contribution in [1.82, 2.24) is 10.6 Å². The molecule has 0 bridgehead atoms. The Hall–Kier alpha value is -3.55. The molecule has 2 atom stereocenters. The number of benzene rings is 2. The van der Waals surface area contributed by atoms with E-state index in [0.29, 0.717) is 5.69 Å². The van der Waals surface area contributed by atoms with E-state index in [1.54, 1.807) is 57.4 Å². The number of esters is 1. The molecule has 2 aromatic carbocycles. The minimum atomic E-state index is -1.01. The second kappa shape index (κ2) is 11.6. The second-order valence-electron chi connectivity index (χ2n) is 7.33. The van der Waals surface area contributed by atoms with Crippen LogP contribution in [0.3, 0.4) is 0 Å². The Morgan fingerprint density at radius 1 is 0.935 bits per heavy atom. The average Bonchev–Trinajstić information content (AvgIpc) is 2.76. The van der Waals surface area contributed by atoms with Crippen molar-refractivity contribution in [2.24, 2.45) is 5.92 Å². The number of anilines is 1. The third kappa shape index (κ3) is 7.65. The molecule has 3 N–H and O–H groups in total. The molecule has 0 heterocycles. The molecule has 0 aromatic heterocycles. The minimum absolute atomic E-state index is 0.233. The predicted molar refractivity (Wildman–Crippen MR) is 118 cm³/mol. The van der Waals surface area contributed by atoms with Gasteiger partial charge in [0.2, 0.25) is 0 Å². The molecule has 8 nitrogen and oxygen atoms in total. The topological polar surface area (TPSA) is 106 Å². The number of urea groups is 1. The molecule has 2 rings (SSSR count). The Labute approximate surface area is 182 Å². The van der Waals surface area contributed by atoms with Crippen LogP contribution in [-0.2, 0) is 20.9 Å². The summed E-state index contributed by atoms with van der Waals surface area (Å²) < 4.78 is 10.4. The minimum Gasteiger partial charge on any atom is -0.497 e. The van der Waals surface area contributed by atoms with Crippen LogP contribution in [0.15, 0.2) is 54.6 Å². The maximum atomic E-state index is 12.6. The molecule has 0 aliphatic heterocycles. The van der Waals surface area contributed by atoms with Crippen molar-refractivity contribution >= 4 is 23.6 Å². The predicted octanol–water partition coefficient (Wildman–Crippen LogP) is 3.09. The van der Waals surface area contributed by atoms with Gasteiger partial charge in [-0.25, -0.2) is 9.59 Å². The van der Waals surface area contributed by atoms with Gasteiger partial charge in [-0.2, -0.15) is 0 Å². The monoisotopic (exact) mass is 427 g/mol. The van der Waals surface area contributed by atoms with Gasteiger partial charge in [0, 0.05) is 12.2 Å². The Morgan fingerprint density at radius 2 is 1.58 bits per heavy atom. The highest BCUT2D eigenvalue weighted by molar-refractivity contribution is 5.93. The highest BCUT2D eigenvalue weighted by Gasteiger charge is 2.29. The van der Waals surface area contributed by atoms with Crippen LogP contribution in [0, 0.1) is 5.92 Å². The van der Waals surface area contributed by atoms with Crippen LogP contribution in [-0.4, -0.2) is 37.2 Å². The van der Waals surface area contributed by atoms with Crippen molar-refractivity contribution in [3.8, 4) is 5.75 Å². The smallest absolute Gasteiger partial charge is 0.329 e. The number of hydrogen-bond acceptors (Lipinski definition) is 5. The molecule has 0 aliphatic rings. The van der Waals surface area contributed by atoms with Gasteiger partial charge in [-0.05, 0) is 42.7 Å². The molecule has 0 radical (unpaired) electrons. The first kappa shape index (κ1) is 23.7. The molecule has 8 heteroatoms. The van der Waals surface area contributed by atoms with Crippen LogP contribution < -0.4 is 20.7 Å². The summed E-state index contributed by atoms with van der Waals surface area (Å²) in [6, 6.07) is 14.7. The molecule has 31 heavy (non-hydrogen) atoms. The van der Waals surface area contributed by atoms with E-state index < -0.39 is 30.1 Å². The lowest BCUT2D eigenvalue weighted by molar-refractivity contribution is -0.157. The van der Waals surface area contributed by atoms with Crippen LogP contribution in [0.2, 0.25) is 0 Å². The van der Waals surface area contributed by atoms with E-state index in [-0.39, 0.29) is 12.5 Å². The molecular formula is C23H29N3O5. The standard InChI is InChI=1S/C23H29N3O5/c1-15(2)20(26-23(29)25-18-8-6-5-7-9-18)22(28)31-16(3)21(27)24-14-17-10-12-19(30-4)13-11-17/h5-13,15-16,20H,14H2,1-4H3,(H,24,27)(H2,25,26,29)/t16-,20+/m1/s1. The van der Waals surface area contributed by atoms with E-state index in [0.717, 1.165) is 11.3 Å². The van der Waals surface area contributed by atoms with Gasteiger partial charge >= 0.3 is 12.0 Å². The number of carbonyl (C=O) groups excluding carboxylic acids is 3. The van der Waals surface area contributed by atoms with Crippen molar-refractivity contribution < 1.29 is 23.9 Å². The van der Waals surface area contributed by atoms with Gasteiger partial charge in [0.25, 0.3) is 5.91 Å².